The quantitative estimate of drug-likeness (QED) is 0.570. The van der Waals surface area contributed by atoms with Crippen LogP contribution in [-0.2, 0) is 0 Å². The van der Waals surface area contributed by atoms with E-state index in [-0.39, 0.29) is 5.82 Å². The van der Waals surface area contributed by atoms with E-state index in [0.29, 0.717) is 15.9 Å². The molecule has 18 heavy (non-hydrogen) atoms. The molecule has 0 bridgehead atoms. The van der Waals surface area contributed by atoms with Gasteiger partial charge >= 0.3 is 0 Å². The Morgan fingerprint density at radius 1 is 0.944 bits per heavy atom. The van der Waals surface area contributed by atoms with Gasteiger partial charge in [-0.15, -0.1) is 0 Å². The van der Waals surface area contributed by atoms with Crippen LogP contribution in [0.15, 0.2) is 59.0 Å². The first-order valence-corrected chi connectivity index (χ1v) is 5.94. The molecule has 1 aromatic heterocycles. The van der Waals surface area contributed by atoms with E-state index < -0.39 is 0 Å². The molecule has 3 aromatic rings. The zero-order valence-corrected chi connectivity index (χ0v) is 10.2. The molecule has 88 valence electrons. The van der Waals surface area contributed by atoms with E-state index in [9.17, 15) is 4.39 Å². The van der Waals surface area contributed by atoms with Crippen LogP contribution >= 0.6 is 12.2 Å². The average molecular weight is 256 g/mol. The van der Waals surface area contributed by atoms with E-state index in [1.54, 1.807) is 12.1 Å². The molecule has 0 aliphatic carbocycles. The van der Waals surface area contributed by atoms with Gasteiger partial charge in [-0.2, -0.15) is 0 Å². The van der Waals surface area contributed by atoms with Crippen LogP contribution in [0.25, 0.3) is 22.3 Å². The zero-order valence-electron chi connectivity index (χ0n) is 9.39. The van der Waals surface area contributed by atoms with Crippen molar-refractivity contribution in [3.8, 4) is 11.3 Å². The Kier molecular flexibility index (Phi) is 2.68. The average Bonchev–Trinajstić information content (AvgIpc) is 2.39. The van der Waals surface area contributed by atoms with Crippen molar-refractivity contribution in [1.29, 1.82) is 0 Å². The van der Waals surface area contributed by atoms with E-state index >= 15 is 0 Å². The van der Waals surface area contributed by atoms with Gasteiger partial charge in [-0.05, 0) is 12.1 Å². The minimum absolute atomic E-state index is 0.328. The second kappa shape index (κ2) is 4.35. The molecule has 2 aromatic carbocycles. The summed E-state index contributed by atoms with van der Waals surface area (Å²) in [7, 11) is 0. The Morgan fingerprint density at radius 3 is 2.50 bits per heavy atom. The van der Waals surface area contributed by atoms with E-state index in [4.69, 9.17) is 16.6 Å². The van der Waals surface area contributed by atoms with Crippen molar-refractivity contribution in [2.45, 2.75) is 0 Å². The van der Waals surface area contributed by atoms with Gasteiger partial charge in [0.25, 0.3) is 0 Å². The van der Waals surface area contributed by atoms with Gasteiger partial charge in [-0.3, -0.25) is 0 Å². The van der Waals surface area contributed by atoms with Crippen molar-refractivity contribution in [3.05, 3.63) is 64.9 Å². The van der Waals surface area contributed by atoms with Crippen LogP contribution in [0.3, 0.4) is 0 Å². The van der Waals surface area contributed by atoms with Gasteiger partial charge in [-0.25, -0.2) is 4.39 Å². The highest BCUT2D eigenvalue weighted by molar-refractivity contribution is 7.71. The van der Waals surface area contributed by atoms with E-state index in [1.807, 2.05) is 30.3 Å². The highest BCUT2D eigenvalue weighted by Crippen LogP contribution is 2.26. The Bertz CT molecular complexity index is 762. The predicted octanol–water partition coefficient (Wildman–Crippen LogP) is 4.97. The molecule has 0 saturated heterocycles. The highest BCUT2D eigenvalue weighted by Gasteiger charge is 2.05. The SMILES string of the molecule is Fc1ccc2c(=S)cc(-c3ccccc3)oc2c1. The number of halogens is 1. The summed E-state index contributed by atoms with van der Waals surface area (Å²) in [6, 6.07) is 15.8. The summed E-state index contributed by atoms with van der Waals surface area (Å²) >= 11 is 5.30. The molecule has 0 radical (unpaired) electrons. The van der Waals surface area contributed by atoms with E-state index in [0.717, 1.165) is 10.9 Å². The van der Waals surface area contributed by atoms with Crippen molar-refractivity contribution in [2.24, 2.45) is 0 Å². The van der Waals surface area contributed by atoms with Crippen LogP contribution in [0.1, 0.15) is 0 Å². The first kappa shape index (κ1) is 11.1. The molecule has 0 spiro atoms. The minimum atomic E-state index is -0.328. The number of rotatable bonds is 1. The molecule has 0 aliphatic rings. The Balaban J connectivity index is 2.30. The number of hydrogen-bond acceptors (Lipinski definition) is 2. The number of hydrogen-bond donors (Lipinski definition) is 0. The standard InChI is InChI=1S/C15H9FOS/c16-11-6-7-12-14(8-11)17-13(9-15(12)18)10-4-2-1-3-5-10/h1-9H. The lowest BCUT2D eigenvalue weighted by Crippen LogP contribution is -1.82. The predicted molar refractivity (Wildman–Crippen MR) is 72.4 cm³/mol. The first-order valence-electron chi connectivity index (χ1n) is 5.53. The molecule has 0 fully saturated rings. The Hall–Kier alpha value is -2.00. The molecule has 0 saturated carbocycles. The maximum absolute atomic E-state index is 13.2. The first-order chi connectivity index (χ1) is 8.74. The van der Waals surface area contributed by atoms with Crippen molar-refractivity contribution in [1.82, 2.24) is 0 Å². The maximum Gasteiger partial charge on any atom is 0.139 e. The fraction of sp³-hybridized carbons (Fsp3) is 0. The second-order valence-electron chi connectivity index (χ2n) is 3.98. The van der Waals surface area contributed by atoms with Gasteiger partial charge in [-0.1, -0.05) is 42.5 Å². The Labute approximate surface area is 108 Å². The normalized spacial score (nSPS) is 10.7. The van der Waals surface area contributed by atoms with Gasteiger partial charge in [0.15, 0.2) is 0 Å². The summed E-state index contributed by atoms with van der Waals surface area (Å²) in [5.41, 5.74) is 1.40. The molecule has 0 atom stereocenters. The lowest BCUT2D eigenvalue weighted by atomic mass is 10.1. The minimum Gasteiger partial charge on any atom is -0.456 e. The molecule has 3 heteroatoms. The van der Waals surface area contributed by atoms with Gasteiger partial charge in [0.1, 0.15) is 17.2 Å². The molecule has 3 rings (SSSR count). The lowest BCUT2D eigenvalue weighted by molar-refractivity contribution is 0.600. The third kappa shape index (κ3) is 1.93. The second-order valence-corrected chi connectivity index (χ2v) is 4.42. The third-order valence-electron chi connectivity index (χ3n) is 2.75. The topological polar surface area (TPSA) is 13.1 Å². The van der Waals surface area contributed by atoms with Crippen molar-refractivity contribution >= 4 is 23.2 Å². The summed E-state index contributed by atoms with van der Waals surface area (Å²) in [5.74, 6) is 0.324. The third-order valence-corrected chi connectivity index (χ3v) is 3.09. The summed E-state index contributed by atoms with van der Waals surface area (Å²) in [6.07, 6.45) is 0. The van der Waals surface area contributed by atoms with Gasteiger partial charge in [0.2, 0.25) is 0 Å². The molecule has 0 N–H and O–H groups in total. The fourth-order valence-corrected chi connectivity index (χ4v) is 2.15. The monoisotopic (exact) mass is 256 g/mol. The van der Waals surface area contributed by atoms with E-state index in [1.165, 1.54) is 12.1 Å². The molecule has 1 nitrogen and oxygen atoms in total. The van der Waals surface area contributed by atoms with Gasteiger partial charge < -0.3 is 4.42 Å². The zero-order chi connectivity index (χ0) is 12.5. The summed E-state index contributed by atoms with van der Waals surface area (Å²) in [6.45, 7) is 0. The number of benzene rings is 2. The molecule has 0 amide bonds. The van der Waals surface area contributed by atoms with Crippen LogP contribution in [0, 0.1) is 10.3 Å². The van der Waals surface area contributed by atoms with Crippen LogP contribution in [-0.4, -0.2) is 0 Å². The maximum atomic E-state index is 13.2. The van der Waals surface area contributed by atoms with Crippen molar-refractivity contribution in [3.63, 3.8) is 0 Å². The van der Waals surface area contributed by atoms with Crippen molar-refractivity contribution < 1.29 is 8.81 Å². The Morgan fingerprint density at radius 2 is 1.72 bits per heavy atom. The molecular weight excluding hydrogens is 247 g/mol. The van der Waals surface area contributed by atoms with Crippen LogP contribution in [0.2, 0.25) is 0 Å². The molecule has 0 unspecified atom stereocenters. The summed E-state index contributed by atoms with van der Waals surface area (Å²) < 4.78 is 19.6. The summed E-state index contributed by atoms with van der Waals surface area (Å²) in [5, 5.41) is 0.756. The molecular formula is C15H9FOS. The largest absolute Gasteiger partial charge is 0.456 e. The van der Waals surface area contributed by atoms with Crippen LogP contribution in [0.4, 0.5) is 4.39 Å². The highest BCUT2D eigenvalue weighted by atomic mass is 32.1. The van der Waals surface area contributed by atoms with E-state index in [2.05, 4.69) is 0 Å². The summed E-state index contributed by atoms with van der Waals surface area (Å²) in [4.78, 5) is 0. The molecule has 1 heterocycles. The van der Waals surface area contributed by atoms with Crippen molar-refractivity contribution in [2.75, 3.05) is 0 Å². The lowest BCUT2D eigenvalue weighted by Gasteiger charge is -2.03. The number of fused-ring (bicyclic) bond motifs is 1. The molecule has 0 aliphatic heterocycles. The van der Waals surface area contributed by atoms with Gasteiger partial charge in [0.05, 0.1) is 4.51 Å². The van der Waals surface area contributed by atoms with Crippen LogP contribution < -0.4 is 0 Å². The smallest absolute Gasteiger partial charge is 0.139 e. The fourth-order valence-electron chi connectivity index (χ4n) is 1.87. The van der Waals surface area contributed by atoms with Crippen LogP contribution in [0.5, 0.6) is 0 Å². The van der Waals surface area contributed by atoms with Gasteiger partial charge in [0, 0.05) is 23.1 Å².